The highest BCUT2D eigenvalue weighted by atomic mass is 32.1. The van der Waals surface area contributed by atoms with Crippen molar-refractivity contribution in [1.29, 1.82) is 0 Å². The van der Waals surface area contributed by atoms with Gasteiger partial charge in [0.05, 0.1) is 25.5 Å². The van der Waals surface area contributed by atoms with Gasteiger partial charge in [-0.25, -0.2) is 4.98 Å². The second-order valence-corrected chi connectivity index (χ2v) is 7.44. The first-order valence-corrected chi connectivity index (χ1v) is 10.0. The lowest BCUT2D eigenvalue weighted by molar-refractivity contribution is 0.231. The first-order valence-electron chi connectivity index (χ1n) is 9.14. The maximum absolute atomic E-state index is 5.81. The second-order valence-electron chi connectivity index (χ2n) is 6.58. The Morgan fingerprint density at radius 3 is 2.54 bits per heavy atom. The Balaban J connectivity index is 1.58. The summed E-state index contributed by atoms with van der Waals surface area (Å²) in [6.07, 6.45) is 0. The summed E-state index contributed by atoms with van der Waals surface area (Å²) in [5, 5.41) is 3.01. The summed E-state index contributed by atoms with van der Waals surface area (Å²) in [5.41, 5.74) is 3.21. The minimum Gasteiger partial charge on any atom is -0.493 e. The highest BCUT2D eigenvalue weighted by Crippen LogP contribution is 2.39. The van der Waals surface area contributed by atoms with Crippen LogP contribution in [0.4, 0.5) is 0 Å². The van der Waals surface area contributed by atoms with Crippen molar-refractivity contribution in [3.8, 4) is 27.8 Å². The first kappa shape index (κ1) is 20.2. The van der Waals surface area contributed by atoms with Gasteiger partial charge < -0.3 is 14.2 Å². The number of aromatic nitrogens is 1. The highest BCUT2D eigenvalue weighted by Gasteiger charge is 2.15. The third-order valence-corrected chi connectivity index (χ3v) is 5.30. The van der Waals surface area contributed by atoms with Crippen LogP contribution < -0.4 is 14.2 Å². The molecule has 6 heteroatoms. The summed E-state index contributed by atoms with van der Waals surface area (Å²) in [5.74, 6) is 2.33. The quantitative estimate of drug-likeness (QED) is 0.525. The Hall–Kier alpha value is -2.57. The van der Waals surface area contributed by atoms with Gasteiger partial charge in [0.1, 0.15) is 17.4 Å². The van der Waals surface area contributed by atoms with E-state index in [4.69, 9.17) is 19.2 Å². The van der Waals surface area contributed by atoms with E-state index in [1.165, 1.54) is 5.56 Å². The lowest BCUT2D eigenvalue weighted by Crippen LogP contribution is -2.24. The molecule has 0 bridgehead atoms. The van der Waals surface area contributed by atoms with Gasteiger partial charge in [0.25, 0.3) is 0 Å². The molecule has 3 rings (SSSR count). The van der Waals surface area contributed by atoms with Crippen molar-refractivity contribution < 1.29 is 14.2 Å². The third kappa shape index (κ3) is 5.03. The molecule has 1 heterocycles. The molecule has 0 N–H and O–H groups in total. The molecule has 3 aromatic rings. The number of ether oxygens (including phenoxy) is 3. The molecular formula is C22H26N2O3S. The lowest BCUT2D eigenvalue weighted by Gasteiger charge is -2.15. The number of para-hydroxylation sites is 1. The average molecular weight is 399 g/mol. The van der Waals surface area contributed by atoms with Crippen LogP contribution in [0.2, 0.25) is 0 Å². The minimum atomic E-state index is 0.639. The zero-order valence-electron chi connectivity index (χ0n) is 16.8. The first-order chi connectivity index (χ1) is 13.6. The fraction of sp³-hybridized carbons (Fsp3) is 0.318. The van der Waals surface area contributed by atoms with Gasteiger partial charge in [-0.3, -0.25) is 4.90 Å². The molecule has 28 heavy (non-hydrogen) atoms. The van der Waals surface area contributed by atoms with Crippen molar-refractivity contribution in [2.24, 2.45) is 0 Å². The molecule has 148 valence electrons. The topological polar surface area (TPSA) is 43.8 Å². The average Bonchev–Trinajstić information content (AvgIpc) is 3.17. The summed E-state index contributed by atoms with van der Waals surface area (Å²) >= 11 is 1.61. The van der Waals surface area contributed by atoms with Gasteiger partial charge in [0.15, 0.2) is 11.5 Å². The van der Waals surface area contributed by atoms with E-state index in [2.05, 4.69) is 36.4 Å². The molecule has 0 unspecified atom stereocenters. The molecule has 5 nitrogen and oxygen atoms in total. The number of rotatable bonds is 9. The van der Waals surface area contributed by atoms with Crippen LogP contribution in [-0.2, 0) is 6.54 Å². The van der Waals surface area contributed by atoms with Gasteiger partial charge in [0.2, 0.25) is 0 Å². The third-order valence-electron chi connectivity index (χ3n) is 4.38. The summed E-state index contributed by atoms with van der Waals surface area (Å²) in [4.78, 5) is 6.99. The molecule has 0 aliphatic heterocycles. The van der Waals surface area contributed by atoms with E-state index in [0.717, 1.165) is 35.1 Å². The zero-order valence-corrected chi connectivity index (χ0v) is 17.6. The van der Waals surface area contributed by atoms with Crippen molar-refractivity contribution in [2.75, 3.05) is 34.4 Å². The Morgan fingerprint density at radius 1 is 1.04 bits per heavy atom. The van der Waals surface area contributed by atoms with Crippen molar-refractivity contribution in [2.45, 2.75) is 13.5 Å². The number of nitrogens with zero attached hydrogens (tertiary/aromatic N) is 2. The molecule has 0 amide bonds. The molecule has 0 saturated carbocycles. The summed E-state index contributed by atoms with van der Waals surface area (Å²) in [6, 6.07) is 14.0. The van der Waals surface area contributed by atoms with Gasteiger partial charge in [-0.15, -0.1) is 11.3 Å². The van der Waals surface area contributed by atoms with E-state index < -0.39 is 0 Å². The van der Waals surface area contributed by atoms with Crippen LogP contribution in [0.15, 0.2) is 47.8 Å². The van der Waals surface area contributed by atoms with E-state index >= 15 is 0 Å². The van der Waals surface area contributed by atoms with Gasteiger partial charge in [-0.2, -0.15) is 0 Å². The Labute approximate surface area is 170 Å². The molecule has 1 aromatic heterocycles. The van der Waals surface area contributed by atoms with E-state index in [0.29, 0.717) is 18.1 Å². The molecule has 0 atom stereocenters. The number of thiazole rings is 1. The number of methoxy groups -OCH3 is 2. The van der Waals surface area contributed by atoms with Crippen molar-refractivity contribution in [1.82, 2.24) is 9.88 Å². The Kier molecular flexibility index (Phi) is 6.90. The fourth-order valence-corrected chi connectivity index (χ4v) is 3.70. The number of hydrogen-bond acceptors (Lipinski definition) is 6. The van der Waals surface area contributed by atoms with Gasteiger partial charge in [0, 0.05) is 18.5 Å². The van der Waals surface area contributed by atoms with E-state index in [-0.39, 0.29) is 0 Å². The largest absolute Gasteiger partial charge is 0.493 e. The maximum Gasteiger partial charge on any atom is 0.170 e. The normalized spacial score (nSPS) is 10.9. The summed E-state index contributed by atoms with van der Waals surface area (Å²) < 4.78 is 16.7. The number of benzene rings is 2. The molecule has 0 aliphatic rings. The molecule has 0 spiro atoms. The maximum atomic E-state index is 5.81. The molecule has 0 fully saturated rings. The number of aryl methyl sites for hydroxylation is 1. The van der Waals surface area contributed by atoms with Crippen LogP contribution >= 0.6 is 11.3 Å². The predicted octanol–water partition coefficient (Wildman–Crippen LogP) is 4.65. The van der Waals surface area contributed by atoms with E-state index in [9.17, 15) is 0 Å². The Bertz CT molecular complexity index is 893. The van der Waals surface area contributed by atoms with Crippen LogP contribution in [0, 0.1) is 6.92 Å². The van der Waals surface area contributed by atoms with Crippen LogP contribution in [0.25, 0.3) is 10.6 Å². The lowest BCUT2D eigenvalue weighted by atomic mass is 10.2. The fourth-order valence-electron chi connectivity index (χ4n) is 2.87. The SMILES string of the molecule is COc1cccc(-c2nc(CN(C)CCOc3ccc(C)cc3)cs2)c1OC. The van der Waals surface area contributed by atoms with Crippen LogP contribution in [-0.4, -0.2) is 44.3 Å². The van der Waals surface area contributed by atoms with E-state index in [1.54, 1.807) is 25.6 Å². The molecular weight excluding hydrogens is 372 g/mol. The van der Waals surface area contributed by atoms with Gasteiger partial charge >= 0.3 is 0 Å². The van der Waals surface area contributed by atoms with Crippen molar-refractivity contribution in [3.63, 3.8) is 0 Å². The van der Waals surface area contributed by atoms with Crippen LogP contribution in [0.1, 0.15) is 11.3 Å². The smallest absolute Gasteiger partial charge is 0.170 e. The summed E-state index contributed by atoms with van der Waals surface area (Å²) in [6.45, 7) is 4.30. The standard InChI is InChI=1S/C22H26N2O3S/c1-16-8-10-18(11-9-16)27-13-12-24(2)14-17-15-28-22(23-17)19-6-5-7-20(25-3)21(19)26-4/h5-11,15H,12-14H2,1-4H3. The van der Waals surface area contributed by atoms with Crippen molar-refractivity contribution >= 4 is 11.3 Å². The summed E-state index contributed by atoms with van der Waals surface area (Å²) in [7, 11) is 5.36. The second kappa shape index (κ2) is 9.57. The molecule has 0 aliphatic carbocycles. The van der Waals surface area contributed by atoms with Crippen LogP contribution in [0.5, 0.6) is 17.2 Å². The van der Waals surface area contributed by atoms with Crippen LogP contribution in [0.3, 0.4) is 0 Å². The highest BCUT2D eigenvalue weighted by molar-refractivity contribution is 7.13. The zero-order chi connectivity index (χ0) is 19.9. The van der Waals surface area contributed by atoms with Gasteiger partial charge in [-0.05, 0) is 38.2 Å². The van der Waals surface area contributed by atoms with Gasteiger partial charge in [-0.1, -0.05) is 23.8 Å². The number of likely N-dealkylation sites (N-methyl/N-ethyl adjacent to an activating group) is 1. The van der Waals surface area contributed by atoms with Crippen molar-refractivity contribution in [3.05, 3.63) is 59.1 Å². The van der Waals surface area contributed by atoms with E-state index in [1.807, 2.05) is 30.3 Å². The molecule has 0 radical (unpaired) electrons. The monoisotopic (exact) mass is 398 g/mol. The Morgan fingerprint density at radius 2 is 1.82 bits per heavy atom. The number of hydrogen-bond donors (Lipinski definition) is 0. The molecule has 2 aromatic carbocycles. The molecule has 0 saturated heterocycles. The predicted molar refractivity (Wildman–Crippen MR) is 114 cm³/mol. The minimum absolute atomic E-state index is 0.639.